The van der Waals surface area contributed by atoms with Gasteiger partial charge in [0.05, 0.1) is 0 Å². The smallest absolute Gasteiger partial charge is 0.269 e. The summed E-state index contributed by atoms with van der Waals surface area (Å²) in [6, 6.07) is 17.2. The molecular formula is C21H23N3O2S. The molecule has 1 saturated carbocycles. The molecule has 0 spiro atoms. The first-order valence-corrected chi connectivity index (χ1v) is 9.61. The molecule has 2 aromatic carbocycles. The largest absolute Gasteiger partial charge is 0.302 e. The number of benzene rings is 2. The molecule has 0 aromatic heterocycles. The lowest BCUT2D eigenvalue weighted by Crippen LogP contribution is -2.49. The fourth-order valence-electron chi connectivity index (χ4n) is 3.24. The van der Waals surface area contributed by atoms with E-state index in [1.54, 1.807) is 12.1 Å². The predicted octanol–water partition coefficient (Wildman–Crippen LogP) is 3.57. The van der Waals surface area contributed by atoms with Crippen LogP contribution < -0.4 is 16.2 Å². The van der Waals surface area contributed by atoms with Crippen LogP contribution in [0.3, 0.4) is 0 Å². The minimum absolute atomic E-state index is 0.0136. The van der Waals surface area contributed by atoms with Gasteiger partial charge >= 0.3 is 0 Å². The second-order valence-electron chi connectivity index (χ2n) is 6.68. The highest BCUT2D eigenvalue weighted by Gasteiger charge is 2.21. The molecule has 3 N–H and O–H groups in total. The molecule has 3 rings (SSSR count). The second-order valence-corrected chi connectivity index (χ2v) is 7.08. The van der Waals surface area contributed by atoms with Crippen molar-refractivity contribution in [2.75, 3.05) is 0 Å². The Balaban J connectivity index is 1.48. The maximum absolute atomic E-state index is 12.2. The van der Waals surface area contributed by atoms with Crippen molar-refractivity contribution in [1.82, 2.24) is 16.2 Å². The molecule has 1 aliphatic carbocycles. The van der Waals surface area contributed by atoms with Gasteiger partial charge in [0, 0.05) is 11.5 Å². The summed E-state index contributed by atoms with van der Waals surface area (Å²) in [5, 5.41) is 2.76. The van der Waals surface area contributed by atoms with Gasteiger partial charge < -0.3 is 5.32 Å². The Morgan fingerprint density at radius 1 is 0.815 bits per heavy atom. The van der Waals surface area contributed by atoms with Crippen LogP contribution in [0, 0.1) is 5.92 Å². The van der Waals surface area contributed by atoms with Gasteiger partial charge in [-0.25, -0.2) is 0 Å². The van der Waals surface area contributed by atoms with E-state index in [0.717, 1.165) is 36.8 Å². The number of amides is 2. The molecule has 1 aliphatic rings. The van der Waals surface area contributed by atoms with Crippen molar-refractivity contribution in [3.8, 4) is 11.1 Å². The Labute approximate surface area is 164 Å². The summed E-state index contributed by atoms with van der Waals surface area (Å²) in [7, 11) is 0. The number of hydrogen-bond acceptors (Lipinski definition) is 3. The second kappa shape index (κ2) is 9.28. The normalized spacial score (nSPS) is 14.2. The highest BCUT2D eigenvalue weighted by molar-refractivity contribution is 7.80. The third-order valence-corrected chi connectivity index (χ3v) is 4.96. The van der Waals surface area contributed by atoms with E-state index in [1.165, 1.54) is 6.42 Å². The zero-order valence-corrected chi connectivity index (χ0v) is 15.9. The van der Waals surface area contributed by atoms with Crippen molar-refractivity contribution < 1.29 is 9.59 Å². The van der Waals surface area contributed by atoms with Gasteiger partial charge in [-0.15, -0.1) is 0 Å². The summed E-state index contributed by atoms with van der Waals surface area (Å²) in [6.45, 7) is 0. The molecule has 0 saturated heterocycles. The van der Waals surface area contributed by atoms with E-state index < -0.39 is 0 Å². The van der Waals surface area contributed by atoms with Crippen molar-refractivity contribution in [3.05, 3.63) is 60.2 Å². The van der Waals surface area contributed by atoms with Crippen molar-refractivity contribution in [2.45, 2.75) is 32.1 Å². The first-order chi connectivity index (χ1) is 13.1. The fraction of sp³-hybridized carbons (Fsp3) is 0.286. The molecule has 0 unspecified atom stereocenters. The van der Waals surface area contributed by atoms with Crippen LogP contribution in [0.25, 0.3) is 11.1 Å². The SMILES string of the molecule is O=C(NNC(=S)NC(=O)C1CCCCC1)c1ccc(-c2ccccc2)cc1. The zero-order chi connectivity index (χ0) is 19.1. The van der Waals surface area contributed by atoms with Gasteiger partial charge in [0.15, 0.2) is 5.11 Å². The maximum Gasteiger partial charge on any atom is 0.269 e. The predicted molar refractivity (Wildman–Crippen MR) is 110 cm³/mol. The van der Waals surface area contributed by atoms with E-state index in [-0.39, 0.29) is 22.8 Å². The summed E-state index contributed by atoms with van der Waals surface area (Å²) in [6.07, 6.45) is 5.14. The van der Waals surface area contributed by atoms with Gasteiger partial charge in [0.2, 0.25) is 5.91 Å². The molecule has 1 fully saturated rings. The zero-order valence-electron chi connectivity index (χ0n) is 15.0. The van der Waals surface area contributed by atoms with Gasteiger partial charge in [0.1, 0.15) is 0 Å². The van der Waals surface area contributed by atoms with Crippen molar-refractivity contribution in [2.24, 2.45) is 5.92 Å². The summed E-state index contributed by atoms with van der Waals surface area (Å²) in [5.74, 6) is -0.378. The molecule has 0 heterocycles. The Kier molecular flexibility index (Phi) is 6.54. The molecule has 0 bridgehead atoms. The molecule has 0 atom stereocenters. The van der Waals surface area contributed by atoms with E-state index in [0.29, 0.717) is 5.56 Å². The maximum atomic E-state index is 12.2. The molecule has 6 heteroatoms. The first-order valence-electron chi connectivity index (χ1n) is 9.20. The average molecular weight is 382 g/mol. The Bertz CT molecular complexity index is 800. The van der Waals surface area contributed by atoms with Gasteiger partial charge in [-0.1, -0.05) is 61.7 Å². The van der Waals surface area contributed by atoms with E-state index in [1.807, 2.05) is 42.5 Å². The first kappa shape index (κ1) is 19.0. The summed E-state index contributed by atoms with van der Waals surface area (Å²) in [4.78, 5) is 24.4. The van der Waals surface area contributed by atoms with E-state index in [2.05, 4.69) is 16.2 Å². The summed E-state index contributed by atoms with van der Waals surface area (Å²) >= 11 is 5.09. The number of nitrogens with one attached hydrogen (secondary N) is 3. The third kappa shape index (κ3) is 5.37. The van der Waals surface area contributed by atoms with Crippen LogP contribution >= 0.6 is 12.2 Å². The molecule has 5 nitrogen and oxygen atoms in total. The highest BCUT2D eigenvalue weighted by Crippen LogP contribution is 2.23. The van der Waals surface area contributed by atoms with Crippen LogP contribution in [0.4, 0.5) is 0 Å². The molecule has 2 amide bonds. The number of hydrazine groups is 1. The lowest BCUT2D eigenvalue weighted by Gasteiger charge is -2.21. The van der Waals surface area contributed by atoms with Gasteiger partial charge in [-0.05, 0) is 48.3 Å². The standard InChI is InChI=1S/C21H23N3O2S/c25-19(17-9-5-2-6-10-17)22-21(27)24-23-20(26)18-13-11-16(12-14-18)15-7-3-1-4-8-15/h1,3-4,7-8,11-14,17H,2,5-6,9-10H2,(H,23,26)(H2,22,24,25,27). The minimum atomic E-state index is -0.316. The Morgan fingerprint density at radius 3 is 2.11 bits per heavy atom. The Morgan fingerprint density at radius 2 is 1.44 bits per heavy atom. The highest BCUT2D eigenvalue weighted by atomic mass is 32.1. The monoisotopic (exact) mass is 381 g/mol. The third-order valence-electron chi connectivity index (χ3n) is 4.76. The molecular weight excluding hydrogens is 358 g/mol. The Hall–Kier alpha value is -2.73. The number of carbonyl (C=O) groups is 2. The fourth-order valence-corrected chi connectivity index (χ4v) is 3.39. The molecule has 27 heavy (non-hydrogen) atoms. The number of thiocarbonyl (C=S) groups is 1. The van der Waals surface area contributed by atoms with E-state index >= 15 is 0 Å². The summed E-state index contributed by atoms with van der Waals surface area (Å²) < 4.78 is 0. The van der Waals surface area contributed by atoms with Crippen LogP contribution in [0.2, 0.25) is 0 Å². The van der Waals surface area contributed by atoms with Crippen LogP contribution in [0.15, 0.2) is 54.6 Å². The van der Waals surface area contributed by atoms with Gasteiger partial charge in [0.25, 0.3) is 5.91 Å². The lowest BCUT2D eigenvalue weighted by atomic mass is 9.89. The van der Waals surface area contributed by atoms with Crippen molar-refractivity contribution in [1.29, 1.82) is 0 Å². The van der Waals surface area contributed by atoms with Gasteiger partial charge in [-0.3, -0.25) is 20.4 Å². The number of rotatable bonds is 3. The quantitative estimate of drug-likeness (QED) is 0.562. The number of carbonyl (C=O) groups excluding carboxylic acids is 2. The van der Waals surface area contributed by atoms with Crippen LogP contribution in [0.1, 0.15) is 42.5 Å². The molecule has 0 radical (unpaired) electrons. The topological polar surface area (TPSA) is 70.2 Å². The minimum Gasteiger partial charge on any atom is -0.302 e. The van der Waals surface area contributed by atoms with Gasteiger partial charge in [-0.2, -0.15) is 0 Å². The number of hydrogen-bond donors (Lipinski definition) is 3. The van der Waals surface area contributed by atoms with E-state index in [9.17, 15) is 9.59 Å². The van der Waals surface area contributed by atoms with E-state index in [4.69, 9.17) is 12.2 Å². The molecule has 0 aliphatic heterocycles. The average Bonchev–Trinajstić information content (AvgIpc) is 2.73. The molecule has 140 valence electrons. The van der Waals surface area contributed by atoms with Crippen LogP contribution in [-0.2, 0) is 4.79 Å². The van der Waals surface area contributed by atoms with Crippen molar-refractivity contribution >= 4 is 29.1 Å². The van der Waals surface area contributed by atoms with Crippen LogP contribution in [0.5, 0.6) is 0 Å². The van der Waals surface area contributed by atoms with Crippen LogP contribution in [-0.4, -0.2) is 16.9 Å². The molecule has 2 aromatic rings. The van der Waals surface area contributed by atoms with Crippen molar-refractivity contribution in [3.63, 3.8) is 0 Å². The summed E-state index contributed by atoms with van der Waals surface area (Å²) in [5.41, 5.74) is 7.75. The lowest BCUT2D eigenvalue weighted by molar-refractivity contribution is -0.124.